The SMILES string of the molecule is CCS(=O)(=O)N1CCC(C(=O)N(CCOC)c2nc3ccccc3s2)CC1. The van der Waals surface area contributed by atoms with Gasteiger partial charge in [0.05, 0.1) is 29.1 Å². The van der Waals surface area contributed by atoms with Crippen molar-refractivity contribution in [1.82, 2.24) is 9.29 Å². The quantitative estimate of drug-likeness (QED) is 0.699. The van der Waals surface area contributed by atoms with Crippen LogP contribution in [-0.2, 0) is 19.6 Å². The van der Waals surface area contributed by atoms with Crippen LogP contribution in [0.1, 0.15) is 19.8 Å². The van der Waals surface area contributed by atoms with E-state index < -0.39 is 10.0 Å². The van der Waals surface area contributed by atoms with Crippen molar-refractivity contribution in [3.8, 4) is 0 Å². The summed E-state index contributed by atoms with van der Waals surface area (Å²) in [5.41, 5.74) is 0.872. The first kappa shape index (κ1) is 20.2. The van der Waals surface area contributed by atoms with Crippen molar-refractivity contribution in [1.29, 1.82) is 0 Å². The number of ether oxygens (including phenoxy) is 1. The molecule has 1 fully saturated rings. The monoisotopic (exact) mass is 411 g/mol. The Hall–Kier alpha value is -1.55. The van der Waals surface area contributed by atoms with Gasteiger partial charge in [0.15, 0.2) is 5.13 Å². The summed E-state index contributed by atoms with van der Waals surface area (Å²) >= 11 is 1.49. The third-order valence-corrected chi connectivity index (χ3v) is 7.80. The van der Waals surface area contributed by atoms with Crippen LogP contribution in [0.3, 0.4) is 0 Å². The molecule has 1 aromatic carbocycles. The van der Waals surface area contributed by atoms with Crippen LogP contribution in [0.25, 0.3) is 10.2 Å². The molecule has 0 bridgehead atoms. The predicted octanol–water partition coefficient (Wildman–Crippen LogP) is 2.34. The smallest absolute Gasteiger partial charge is 0.232 e. The molecule has 0 spiro atoms. The minimum absolute atomic E-state index is 0.000322. The number of aromatic nitrogens is 1. The molecule has 0 atom stereocenters. The van der Waals surface area contributed by atoms with Gasteiger partial charge in [-0.25, -0.2) is 17.7 Å². The molecular formula is C18H25N3O4S2. The predicted molar refractivity (Wildman–Crippen MR) is 108 cm³/mol. The van der Waals surface area contributed by atoms with E-state index in [9.17, 15) is 13.2 Å². The average molecular weight is 412 g/mol. The maximum atomic E-state index is 13.2. The van der Waals surface area contributed by atoms with Gasteiger partial charge in [0.25, 0.3) is 0 Å². The highest BCUT2D eigenvalue weighted by Crippen LogP contribution is 2.31. The fraction of sp³-hybridized carbons (Fsp3) is 0.556. The lowest BCUT2D eigenvalue weighted by atomic mass is 9.96. The number of methoxy groups -OCH3 is 1. The second-order valence-corrected chi connectivity index (χ2v) is 9.79. The minimum Gasteiger partial charge on any atom is -0.383 e. The lowest BCUT2D eigenvalue weighted by molar-refractivity contribution is -0.123. The van der Waals surface area contributed by atoms with Gasteiger partial charge in [-0.2, -0.15) is 0 Å². The Labute approximate surface area is 164 Å². The van der Waals surface area contributed by atoms with E-state index >= 15 is 0 Å². The van der Waals surface area contributed by atoms with Crippen molar-refractivity contribution < 1.29 is 17.9 Å². The Morgan fingerprint density at radius 3 is 2.67 bits per heavy atom. The molecule has 0 radical (unpaired) electrons. The second-order valence-electron chi connectivity index (χ2n) is 6.52. The normalized spacial score (nSPS) is 16.7. The summed E-state index contributed by atoms with van der Waals surface area (Å²) < 4.78 is 31.8. The van der Waals surface area contributed by atoms with Crippen molar-refractivity contribution in [3.63, 3.8) is 0 Å². The zero-order valence-corrected chi connectivity index (χ0v) is 17.3. The standard InChI is InChI=1S/C18H25N3O4S2/c1-3-27(23,24)20-10-8-14(9-11-20)17(22)21(12-13-25-2)18-19-15-6-4-5-7-16(15)26-18/h4-7,14H,3,8-13H2,1-2H3. The molecule has 0 aliphatic carbocycles. The number of anilines is 1. The number of rotatable bonds is 7. The molecule has 1 aliphatic rings. The van der Waals surface area contributed by atoms with E-state index in [2.05, 4.69) is 4.98 Å². The number of piperidine rings is 1. The molecule has 1 aliphatic heterocycles. The van der Waals surface area contributed by atoms with E-state index in [-0.39, 0.29) is 17.6 Å². The molecule has 7 nitrogen and oxygen atoms in total. The van der Waals surface area contributed by atoms with Gasteiger partial charge in [0.1, 0.15) is 0 Å². The highest BCUT2D eigenvalue weighted by Gasteiger charge is 2.33. The zero-order chi connectivity index (χ0) is 19.4. The van der Waals surface area contributed by atoms with Crippen molar-refractivity contribution in [2.24, 2.45) is 5.92 Å². The summed E-state index contributed by atoms with van der Waals surface area (Å²) in [7, 11) is -1.59. The zero-order valence-electron chi connectivity index (χ0n) is 15.6. The molecule has 1 amide bonds. The molecule has 2 aromatic rings. The summed E-state index contributed by atoms with van der Waals surface area (Å²) in [6.07, 6.45) is 1.07. The van der Waals surface area contributed by atoms with Gasteiger partial charge in [-0.15, -0.1) is 0 Å². The van der Waals surface area contributed by atoms with Gasteiger partial charge < -0.3 is 4.74 Å². The third-order valence-electron chi connectivity index (χ3n) is 4.86. The van der Waals surface area contributed by atoms with E-state index in [0.29, 0.717) is 44.2 Å². The molecule has 3 rings (SSSR count). The molecule has 1 aromatic heterocycles. The molecule has 9 heteroatoms. The van der Waals surface area contributed by atoms with E-state index in [4.69, 9.17) is 4.74 Å². The number of carbonyl (C=O) groups excluding carboxylic acids is 1. The van der Waals surface area contributed by atoms with E-state index in [1.54, 1.807) is 18.9 Å². The number of nitrogens with zero attached hydrogens (tertiary/aromatic N) is 3. The Morgan fingerprint density at radius 2 is 2.04 bits per heavy atom. The average Bonchev–Trinajstić information content (AvgIpc) is 3.12. The van der Waals surface area contributed by atoms with E-state index in [0.717, 1.165) is 10.2 Å². The van der Waals surface area contributed by atoms with Crippen molar-refractivity contribution in [2.75, 3.05) is 44.0 Å². The maximum Gasteiger partial charge on any atom is 0.232 e. The molecule has 1 saturated heterocycles. The number of thiazole rings is 1. The van der Waals surface area contributed by atoms with Gasteiger partial charge in [-0.3, -0.25) is 9.69 Å². The Kier molecular flexibility index (Phi) is 6.46. The topological polar surface area (TPSA) is 79.8 Å². The molecule has 0 unspecified atom stereocenters. The Bertz CT molecular complexity index is 856. The first-order valence-corrected chi connectivity index (χ1v) is 11.5. The Balaban J connectivity index is 1.76. The van der Waals surface area contributed by atoms with Gasteiger partial charge >= 0.3 is 0 Å². The second kappa shape index (κ2) is 8.64. The van der Waals surface area contributed by atoms with Crippen LogP contribution in [0.2, 0.25) is 0 Å². The molecule has 148 valence electrons. The van der Waals surface area contributed by atoms with Crippen LogP contribution < -0.4 is 4.90 Å². The fourth-order valence-corrected chi connectivity index (χ4v) is 5.37. The number of hydrogen-bond donors (Lipinski definition) is 0. The first-order valence-electron chi connectivity index (χ1n) is 9.10. The van der Waals surface area contributed by atoms with E-state index in [1.807, 2.05) is 24.3 Å². The molecule has 0 saturated carbocycles. The van der Waals surface area contributed by atoms with Crippen LogP contribution >= 0.6 is 11.3 Å². The van der Waals surface area contributed by atoms with Crippen LogP contribution in [-0.4, -0.2) is 62.7 Å². The van der Waals surface area contributed by atoms with Gasteiger partial charge in [0, 0.05) is 26.1 Å². The van der Waals surface area contributed by atoms with E-state index in [1.165, 1.54) is 15.6 Å². The first-order chi connectivity index (χ1) is 13.0. The molecular weight excluding hydrogens is 386 g/mol. The largest absolute Gasteiger partial charge is 0.383 e. The van der Waals surface area contributed by atoms with Crippen LogP contribution in [0.5, 0.6) is 0 Å². The summed E-state index contributed by atoms with van der Waals surface area (Å²) in [5, 5.41) is 0.668. The van der Waals surface area contributed by atoms with Gasteiger partial charge in [0.2, 0.25) is 15.9 Å². The van der Waals surface area contributed by atoms with Crippen LogP contribution in [0, 0.1) is 5.92 Å². The number of para-hydroxylation sites is 1. The highest BCUT2D eigenvalue weighted by atomic mass is 32.2. The van der Waals surface area contributed by atoms with Gasteiger partial charge in [-0.1, -0.05) is 23.5 Å². The number of fused-ring (bicyclic) bond motifs is 1. The molecule has 0 N–H and O–H groups in total. The summed E-state index contributed by atoms with van der Waals surface area (Å²) in [6.45, 7) is 3.29. The number of benzene rings is 1. The third kappa shape index (κ3) is 4.48. The van der Waals surface area contributed by atoms with Crippen molar-refractivity contribution in [2.45, 2.75) is 19.8 Å². The lowest BCUT2D eigenvalue weighted by Gasteiger charge is -2.32. The number of hydrogen-bond acceptors (Lipinski definition) is 6. The van der Waals surface area contributed by atoms with Crippen molar-refractivity contribution in [3.05, 3.63) is 24.3 Å². The minimum atomic E-state index is -3.20. The summed E-state index contributed by atoms with van der Waals surface area (Å²) in [6, 6.07) is 7.80. The maximum absolute atomic E-state index is 13.2. The number of sulfonamides is 1. The van der Waals surface area contributed by atoms with Crippen molar-refractivity contribution >= 4 is 42.6 Å². The highest BCUT2D eigenvalue weighted by molar-refractivity contribution is 7.89. The molecule has 27 heavy (non-hydrogen) atoms. The Morgan fingerprint density at radius 1 is 1.33 bits per heavy atom. The van der Waals surface area contributed by atoms with Crippen LogP contribution in [0.4, 0.5) is 5.13 Å². The summed E-state index contributed by atoms with van der Waals surface area (Å²) in [4.78, 5) is 19.5. The number of carbonyl (C=O) groups is 1. The van der Waals surface area contributed by atoms with Crippen LogP contribution in [0.15, 0.2) is 24.3 Å². The van der Waals surface area contributed by atoms with Gasteiger partial charge in [-0.05, 0) is 31.9 Å². The molecule has 2 heterocycles. The summed E-state index contributed by atoms with van der Waals surface area (Å²) in [5.74, 6) is -0.103. The number of amides is 1. The lowest BCUT2D eigenvalue weighted by Crippen LogP contribution is -2.45. The fourth-order valence-electron chi connectivity index (χ4n) is 3.24.